The molecule has 0 atom stereocenters. The molecule has 0 fully saturated rings. The van der Waals surface area contributed by atoms with Gasteiger partial charge < -0.3 is 5.32 Å². The van der Waals surface area contributed by atoms with E-state index in [-0.39, 0.29) is 0 Å². The third-order valence-electron chi connectivity index (χ3n) is 3.31. The van der Waals surface area contributed by atoms with Gasteiger partial charge in [0.15, 0.2) is 0 Å². The van der Waals surface area contributed by atoms with Gasteiger partial charge >= 0.3 is 0 Å². The highest BCUT2D eigenvalue weighted by atomic mass is 15.2. The van der Waals surface area contributed by atoms with Crippen LogP contribution in [0.2, 0.25) is 0 Å². The van der Waals surface area contributed by atoms with Gasteiger partial charge in [0, 0.05) is 19.1 Å². The SMILES string of the molecule is CCCCCNCCN(CCCCC)C(C)C. The Hall–Kier alpha value is -0.0800. The standard InChI is InChI=1S/C15H34N2/c1-5-7-9-11-16-12-14-17(15(3)4)13-10-8-6-2/h15-16H,5-14H2,1-4H3. The summed E-state index contributed by atoms with van der Waals surface area (Å²) in [7, 11) is 0. The Morgan fingerprint density at radius 1 is 0.824 bits per heavy atom. The van der Waals surface area contributed by atoms with E-state index in [1.807, 2.05) is 0 Å². The number of hydrogen-bond acceptors (Lipinski definition) is 2. The summed E-state index contributed by atoms with van der Waals surface area (Å²) in [4.78, 5) is 2.60. The molecule has 0 unspecified atom stereocenters. The predicted molar refractivity (Wildman–Crippen MR) is 78.6 cm³/mol. The van der Waals surface area contributed by atoms with Crippen LogP contribution in [-0.4, -0.2) is 37.1 Å². The lowest BCUT2D eigenvalue weighted by Crippen LogP contribution is -2.37. The molecule has 0 aromatic carbocycles. The van der Waals surface area contributed by atoms with Crippen LogP contribution < -0.4 is 5.32 Å². The number of rotatable bonds is 12. The fraction of sp³-hybridized carbons (Fsp3) is 1.00. The summed E-state index contributed by atoms with van der Waals surface area (Å²) in [5.41, 5.74) is 0. The lowest BCUT2D eigenvalue weighted by molar-refractivity contribution is 0.217. The number of nitrogens with one attached hydrogen (secondary N) is 1. The summed E-state index contributed by atoms with van der Waals surface area (Å²) in [6.07, 6.45) is 8.04. The Bertz CT molecular complexity index is 146. The van der Waals surface area contributed by atoms with Crippen molar-refractivity contribution in [2.24, 2.45) is 0 Å². The molecule has 1 N–H and O–H groups in total. The lowest BCUT2D eigenvalue weighted by atomic mass is 10.2. The third kappa shape index (κ3) is 10.8. The summed E-state index contributed by atoms with van der Waals surface area (Å²) in [6.45, 7) is 14.0. The van der Waals surface area contributed by atoms with Crippen LogP contribution in [0.3, 0.4) is 0 Å². The first-order chi connectivity index (χ1) is 8.22. The van der Waals surface area contributed by atoms with Crippen molar-refractivity contribution in [2.75, 3.05) is 26.2 Å². The largest absolute Gasteiger partial charge is 0.315 e. The van der Waals surface area contributed by atoms with Crippen LogP contribution in [0, 0.1) is 0 Å². The quantitative estimate of drug-likeness (QED) is 0.525. The molecule has 0 heterocycles. The van der Waals surface area contributed by atoms with Gasteiger partial charge in [-0.25, -0.2) is 0 Å². The molecule has 0 saturated carbocycles. The first-order valence-corrected chi connectivity index (χ1v) is 7.67. The summed E-state index contributed by atoms with van der Waals surface area (Å²) in [5, 5.41) is 3.55. The van der Waals surface area contributed by atoms with Crippen LogP contribution >= 0.6 is 0 Å². The predicted octanol–water partition coefficient (Wildman–Crippen LogP) is 3.67. The average molecular weight is 242 g/mol. The molecule has 0 spiro atoms. The van der Waals surface area contributed by atoms with Gasteiger partial charge in [0.2, 0.25) is 0 Å². The minimum Gasteiger partial charge on any atom is -0.315 e. The zero-order valence-electron chi connectivity index (χ0n) is 12.6. The molecule has 0 aromatic heterocycles. The monoisotopic (exact) mass is 242 g/mol. The Kier molecular flexibility index (Phi) is 12.3. The van der Waals surface area contributed by atoms with E-state index < -0.39 is 0 Å². The second-order valence-electron chi connectivity index (χ2n) is 5.29. The van der Waals surface area contributed by atoms with E-state index in [4.69, 9.17) is 0 Å². The molecular weight excluding hydrogens is 208 g/mol. The van der Waals surface area contributed by atoms with Crippen molar-refractivity contribution in [1.29, 1.82) is 0 Å². The molecule has 2 heteroatoms. The van der Waals surface area contributed by atoms with Gasteiger partial charge in [0.1, 0.15) is 0 Å². The molecule has 0 radical (unpaired) electrons. The first-order valence-electron chi connectivity index (χ1n) is 7.67. The van der Waals surface area contributed by atoms with E-state index >= 15 is 0 Å². The Labute approximate surface area is 109 Å². The second-order valence-corrected chi connectivity index (χ2v) is 5.29. The highest BCUT2D eigenvalue weighted by Gasteiger charge is 2.07. The number of unbranched alkanes of at least 4 members (excludes halogenated alkanes) is 4. The van der Waals surface area contributed by atoms with E-state index in [1.165, 1.54) is 58.2 Å². The Morgan fingerprint density at radius 2 is 1.47 bits per heavy atom. The minimum absolute atomic E-state index is 0.685. The van der Waals surface area contributed by atoms with Crippen molar-refractivity contribution >= 4 is 0 Å². The van der Waals surface area contributed by atoms with Gasteiger partial charge in [-0.05, 0) is 39.8 Å². The summed E-state index contributed by atoms with van der Waals surface area (Å²) in [5.74, 6) is 0. The maximum absolute atomic E-state index is 3.55. The van der Waals surface area contributed by atoms with Crippen molar-refractivity contribution in [3.63, 3.8) is 0 Å². The maximum atomic E-state index is 3.55. The van der Waals surface area contributed by atoms with Crippen molar-refractivity contribution in [2.45, 2.75) is 72.3 Å². The lowest BCUT2D eigenvalue weighted by Gasteiger charge is -2.26. The van der Waals surface area contributed by atoms with Crippen molar-refractivity contribution < 1.29 is 0 Å². The topological polar surface area (TPSA) is 15.3 Å². The van der Waals surface area contributed by atoms with E-state index in [0.29, 0.717) is 6.04 Å². The normalized spacial score (nSPS) is 11.6. The van der Waals surface area contributed by atoms with Crippen molar-refractivity contribution in [3.05, 3.63) is 0 Å². The van der Waals surface area contributed by atoms with Crippen LogP contribution in [0.25, 0.3) is 0 Å². The van der Waals surface area contributed by atoms with E-state index in [9.17, 15) is 0 Å². The molecule has 0 aliphatic heterocycles. The average Bonchev–Trinajstić information content (AvgIpc) is 2.31. The van der Waals surface area contributed by atoms with Crippen LogP contribution in [0.1, 0.15) is 66.2 Å². The molecule has 0 aliphatic rings. The van der Waals surface area contributed by atoms with Crippen LogP contribution in [0.4, 0.5) is 0 Å². The molecule has 0 amide bonds. The molecule has 0 rings (SSSR count). The zero-order chi connectivity index (χ0) is 12.9. The molecule has 17 heavy (non-hydrogen) atoms. The van der Waals surface area contributed by atoms with Crippen LogP contribution in [-0.2, 0) is 0 Å². The number of hydrogen-bond donors (Lipinski definition) is 1. The highest BCUT2D eigenvalue weighted by Crippen LogP contribution is 2.02. The van der Waals surface area contributed by atoms with Gasteiger partial charge in [-0.1, -0.05) is 39.5 Å². The zero-order valence-corrected chi connectivity index (χ0v) is 12.6. The summed E-state index contributed by atoms with van der Waals surface area (Å²) < 4.78 is 0. The Morgan fingerprint density at radius 3 is 2.06 bits per heavy atom. The van der Waals surface area contributed by atoms with Gasteiger partial charge in [0.25, 0.3) is 0 Å². The number of nitrogens with zero attached hydrogens (tertiary/aromatic N) is 1. The minimum atomic E-state index is 0.685. The maximum Gasteiger partial charge on any atom is 0.0110 e. The van der Waals surface area contributed by atoms with E-state index in [1.54, 1.807) is 0 Å². The first kappa shape index (κ1) is 16.9. The van der Waals surface area contributed by atoms with Crippen molar-refractivity contribution in [1.82, 2.24) is 10.2 Å². The molecule has 0 aromatic rings. The molecule has 104 valence electrons. The van der Waals surface area contributed by atoms with Crippen LogP contribution in [0.15, 0.2) is 0 Å². The summed E-state index contributed by atoms with van der Waals surface area (Å²) in [6, 6.07) is 0.685. The fourth-order valence-corrected chi connectivity index (χ4v) is 2.04. The second kappa shape index (κ2) is 12.4. The molecule has 0 bridgehead atoms. The van der Waals surface area contributed by atoms with E-state index in [0.717, 1.165) is 6.54 Å². The molecular formula is C15H34N2. The summed E-state index contributed by atoms with van der Waals surface area (Å²) >= 11 is 0. The molecule has 0 aliphatic carbocycles. The van der Waals surface area contributed by atoms with Crippen LogP contribution in [0.5, 0.6) is 0 Å². The van der Waals surface area contributed by atoms with E-state index in [2.05, 4.69) is 37.9 Å². The molecule has 2 nitrogen and oxygen atoms in total. The van der Waals surface area contributed by atoms with Gasteiger partial charge in [0.05, 0.1) is 0 Å². The third-order valence-corrected chi connectivity index (χ3v) is 3.31. The van der Waals surface area contributed by atoms with Gasteiger partial charge in [-0.2, -0.15) is 0 Å². The Balaban J connectivity index is 3.49. The highest BCUT2D eigenvalue weighted by molar-refractivity contribution is 4.64. The molecule has 0 saturated heterocycles. The van der Waals surface area contributed by atoms with Gasteiger partial charge in [-0.3, -0.25) is 4.90 Å². The smallest absolute Gasteiger partial charge is 0.0110 e. The van der Waals surface area contributed by atoms with Gasteiger partial charge in [-0.15, -0.1) is 0 Å². The van der Waals surface area contributed by atoms with Crippen molar-refractivity contribution in [3.8, 4) is 0 Å². The fourth-order valence-electron chi connectivity index (χ4n) is 2.04.